The number of guanidine groups is 1. The number of benzene rings is 1. The molecule has 1 aromatic carbocycles. The molecule has 0 spiro atoms. The highest BCUT2D eigenvalue weighted by Crippen LogP contribution is 2.20. The first-order valence-corrected chi connectivity index (χ1v) is 16.5. The van der Waals surface area contributed by atoms with Gasteiger partial charge in [0.1, 0.15) is 18.7 Å². The molecule has 0 aromatic heterocycles. The third kappa shape index (κ3) is 15.5. The Morgan fingerprint density at radius 3 is 2.24 bits per heavy atom. The minimum atomic E-state index is -0.813. The summed E-state index contributed by atoms with van der Waals surface area (Å²) in [5.41, 5.74) is 11.9. The first-order chi connectivity index (χ1) is 21.7. The molecule has 262 valence electrons. The van der Waals surface area contributed by atoms with Gasteiger partial charge in [-0.3, -0.25) is 19.5 Å². The maximum atomic E-state index is 13.8. The number of hydrogen-bond donors (Lipinski definition) is 4. The molecular formula is C33H57ClN6O6. The number of aliphatic imine (C=N–C) groups is 1. The smallest absolute Gasteiger partial charge is 0.410 e. The third-order valence-electron chi connectivity index (χ3n) is 7.52. The van der Waals surface area contributed by atoms with E-state index in [1.165, 1.54) is 4.90 Å². The number of nitrogens with one attached hydrogen (secondary N) is 2. The van der Waals surface area contributed by atoms with Gasteiger partial charge >= 0.3 is 6.09 Å². The zero-order valence-corrected chi connectivity index (χ0v) is 28.9. The number of halogens is 1. The van der Waals surface area contributed by atoms with Crippen molar-refractivity contribution in [3.8, 4) is 0 Å². The number of carbonyl (C=O) groups is 3. The highest BCUT2D eigenvalue weighted by atomic mass is 35.5. The van der Waals surface area contributed by atoms with Crippen LogP contribution in [0.4, 0.5) is 4.79 Å². The fourth-order valence-electron chi connectivity index (χ4n) is 5.08. The Bertz CT molecular complexity index is 1030. The Morgan fingerprint density at radius 1 is 1.00 bits per heavy atom. The molecule has 1 saturated heterocycles. The molecule has 0 bridgehead atoms. The molecule has 6 N–H and O–H groups in total. The van der Waals surface area contributed by atoms with Crippen LogP contribution in [-0.4, -0.2) is 79.5 Å². The minimum Gasteiger partial charge on any atom is -0.445 e. The van der Waals surface area contributed by atoms with E-state index >= 15 is 0 Å². The van der Waals surface area contributed by atoms with E-state index in [-0.39, 0.29) is 42.7 Å². The van der Waals surface area contributed by atoms with Gasteiger partial charge in [-0.1, -0.05) is 70.9 Å². The quantitative estimate of drug-likeness (QED) is 0.0652. The van der Waals surface area contributed by atoms with E-state index in [9.17, 15) is 14.4 Å². The van der Waals surface area contributed by atoms with Crippen molar-refractivity contribution in [3.63, 3.8) is 0 Å². The van der Waals surface area contributed by atoms with Crippen molar-refractivity contribution in [2.75, 3.05) is 26.3 Å². The van der Waals surface area contributed by atoms with Crippen LogP contribution in [0.3, 0.4) is 0 Å². The summed E-state index contributed by atoms with van der Waals surface area (Å²) in [6.07, 6.45) is 5.13. The van der Waals surface area contributed by atoms with E-state index in [0.29, 0.717) is 58.4 Å². The lowest BCUT2D eigenvalue weighted by molar-refractivity contribution is -0.166. The number of unbranched alkanes of at least 4 members (excludes halogenated alkanes) is 2. The average Bonchev–Trinajstić information content (AvgIpc) is 3.51. The molecule has 12 nitrogen and oxygen atoms in total. The Hall–Kier alpha value is -3.09. The molecule has 0 aliphatic carbocycles. The number of likely N-dealkylation sites (tertiary alicyclic amines) is 1. The second kappa shape index (κ2) is 23.3. The molecule has 2 rings (SSSR count). The van der Waals surface area contributed by atoms with Crippen molar-refractivity contribution in [2.45, 2.75) is 117 Å². The molecule has 1 fully saturated rings. The monoisotopic (exact) mass is 668 g/mol. The SMILES string of the molecule is CCCCOC(OCCCC)[C@H](CCCN=C(N)N)NC(=O)[C@H](CC(C)C)NC(=O)[C@@H]1CCCN1C(=O)OCc1ccccc1.Cl. The van der Waals surface area contributed by atoms with Crippen LogP contribution >= 0.6 is 12.4 Å². The summed E-state index contributed by atoms with van der Waals surface area (Å²) in [5.74, 6) is -0.572. The van der Waals surface area contributed by atoms with E-state index in [0.717, 1.165) is 31.2 Å². The van der Waals surface area contributed by atoms with E-state index in [1.54, 1.807) is 0 Å². The standard InChI is InChI=1S/C33H56N6O6.ClH/c1-5-7-20-43-31(44-21-8-6-2)26(16-12-18-36-32(34)35)37-29(40)27(22-24(3)4)38-30(41)28-17-13-19-39(28)33(42)45-23-25-14-10-9-11-15-25;/h9-11,14-15,24,26-28,31H,5-8,12-13,16-23H2,1-4H3,(H,37,40)(H,38,41)(H4,34,35,36);1H/t26-,27-,28-;/m0./s1. The Labute approximate surface area is 281 Å². The molecular weight excluding hydrogens is 612 g/mol. The lowest BCUT2D eigenvalue weighted by Gasteiger charge is -2.31. The van der Waals surface area contributed by atoms with Gasteiger partial charge in [0.15, 0.2) is 12.2 Å². The zero-order chi connectivity index (χ0) is 33.0. The predicted molar refractivity (Wildman–Crippen MR) is 182 cm³/mol. The van der Waals surface area contributed by atoms with Crippen LogP contribution in [0, 0.1) is 5.92 Å². The van der Waals surface area contributed by atoms with Crippen LogP contribution in [-0.2, 0) is 30.4 Å². The van der Waals surface area contributed by atoms with Gasteiger partial charge in [-0.15, -0.1) is 12.4 Å². The van der Waals surface area contributed by atoms with Crippen LogP contribution in [0.15, 0.2) is 35.3 Å². The van der Waals surface area contributed by atoms with Gasteiger partial charge in [0.25, 0.3) is 0 Å². The highest BCUT2D eigenvalue weighted by molar-refractivity contribution is 5.91. The van der Waals surface area contributed by atoms with Crippen molar-refractivity contribution in [1.82, 2.24) is 15.5 Å². The number of rotatable bonds is 21. The summed E-state index contributed by atoms with van der Waals surface area (Å²) >= 11 is 0. The van der Waals surface area contributed by atoms with Gasteiger partial charge in [-0.25, -0.2) is 4.79 Å². The zero-order valence-electron chi connectivity index (χ0n) is 28.1. The number of nitrogens with zero attached hydrogens (tertiary/aromatic N) is 2. The number of amides is 3. The Kier molecular flexibility index (Phi) is 20.7. The second-order valence-corrected chi connectivity index (χ2v) is 12.0. The molecule has 1 aliphatic rings. The lowest BCUT2D eigenvalue weighted by atomic mass is 10.0. The van der Waals surface area contributed by atoms with Crippen LogP contribution in [0.1, 0.15) is 91.0 Å². The summed E-state index contributed by atoms with van der Waals surface area (Å²) in [7, 11) is 0. The van der Waals surface area contributed by atoms with E-state index in [1.807, 2.05) is 44.2 Å². The van der Waals surface area contributed by atoms with Crippen molar-refractivity contribution >= 4 is 36.3 Å². The van der Waals surface area contributed by atoms with E-state index in [2.05, 4.69) is 29.5 Å². The summed E-state index contributed by atoms with van der Waals surface area (Å²) < 4.78 is 17.7. The van der Waals surface area contributed by atoms with Gasteiger partial charge in [0.05, 0.1) is 6.04 Å². The topological polar surface area (TPSA) is 171 Å². The lowest BCUT2D eigenvalue weighted by Crippen LogP contribution is -2.56. The Balaban J connectivity index is 0.0000106. The number of hydrogen-bond acceptors (Lipinski definition) is 7. The molecule has 0 saturated carbocycles. The number of carbonyl (C=O) groups excluding carboxylic acids is 3. The molecule has 1 aromatic rings. The van der Waals surface area contributed by atoms with Gasteiger partial charge in [0.2, 0.25) is 11.8 Å². The average molecular weight is 669 g/mol. The predicted octanol–water partition coefficient (Wildman–Crippen LogP) is 4.24. The minimum absolute atomic E-state index is 0. The third-order valence-corrected chi connectivity index (χ3v) is 7.52. The number of nitrogens with two attached hydrogens (primary N) is 2. The van der Waals surface area contributed by atoms with Crippen molar-refractivity contribution in [2.24, 2.45) is 22.4 Å². The fourth-order valence-corrected chi connectivity index (χ4v) is 5.08. The summed E-state index contributed by atoms with van der Waals surface area (Å²) in [5, 5.41) is 6.06. The van der Waals surface area contributed by atoms with Crippen LogP contribution in [0.5, 0.6) is 0 Å². The van der Waals surface area contributed by atoms with Crippen LogP contribution < -0.4 is 22.1 Å². The molecule has 46 heavy (non-hydrogen) atoms. The molecule has 3 atom stereocenters. The molecule has 3 amide bonds. The number of ether oxygens (including phenoxy) is 3. The first kappa shape index (κ1) is 40.9. The molecule has 0 radical (unpaired) electrons. The maximum Gasteiger partial charge on any atom is 0.410 e. The van der Waals surface area contributed by atoms with Crippen LogP contribution in [0.2, 0.25) is 0 Å². The van der Waals surface area contributed by atoms with Crippen molar-refractivity contribution in [1.29, 1.82) is 0 Å². The summed E-state index contributed by atoms with van der Waals surface area (Å²) in [4.78, 5) is 45.8. The largest absolute Gasteiger partial charge is 0.445 e. The highest BCUT2D eigenvalue weighted by Gasteiger charge is 2.37. The van der Waals surface area contributed by atoms with Crippen LogP contribution in [0.25, 0.3) is 0 Å². The van der Waals surface area contributed by atoms with E-state index < -0.39 is 30.5 Å². The summed E-state index contributed by atoms with van der Waals surface area (Å²) in [6, 6.07) is 7.38. The van der Waals surface area contributed by atoms with Gasteiger partial charge in [-0.05, 0) is 56.4 Å². The van der Waals surface area contributed by atoms with Gasteiger partial charge in [-0.2, -0.15) is 0 Å². The Morgan fingerprint density at radius 2 is 1.65 bits per heavy atom. The second-order valence-electron chi connectivity index (χ2n) is 12.0. The molecule has 1 aliphatic heterocycles. The summed E-state index contributed by atoms with van der Waals surface area (Å²) in [6.45, 7) is 10.1. The first-order valence-electron chi connectivity index (χ1n) is 16.5. The molecule has 1 heterocycles. The van der Waals surface area contributed by atoms with Gasteiger partial charge in [0, 0.05) is 26.3 Å². The molecule has 13 heteroatoms. The maximum absolute atomic E-state index is 13.8. The van der Waals surface area contributed by atoms with Crippen molar-refractivity contribution in [3.05, 3.63) is 35.9 Å². The fraction of sp³-hybridized carbons (Fsp3) is 0.697. The van der Waals surface area contributed by atoms with Crippen molar-refractivity contribution < 1.29 is 28.6 Å². The van der Waals surface area contributed by atoms with Gasteiger partial charge < -0.3 is 36.3 Å². The normalized spacial score (nSPS) is 15.6. The molecule has 0 unspecified atom stereocenters. The van der Waals surface area contributed by atoms with E-state index in [4.69, 9.17) is 25.7 Å².